The third-order valence-corrected chi connectivity index (χ3v) is 4.39. The molecule has 21 heavy (non-hydrogen) atoms. The Hall–Kier alpha value is -1.27. The van der Waals surface area contributed by atoms with Gasteiger partial charge in [0.1, 0.15) is 5.82 Å². The van der Waals surface area contributed by atoms with Crippen molar-refractivity contribution in [3.8, 4) is 0 Å². The molecule has 0 N–H and O–H groups in total. The van der Waals surface area contributed by atoms with Crippen molar-refractivity contribution in [2.45, 2.75) is 26.3 Å². The number of likely N-dealkylation sites (tertiary alicyclic amines) is 1. The number of hydrogen-bond acceptors (Lipinski definition) is 5. The number of anilines is 1. The number of hydrogen-bond donors (Lipinski definition) is 0. The van der Waals surface area contributed by atoms with Crippen LogP contribution in [0.1, 0.15) is 24.4 Å². The van der Waals surface area contributed by atoms with Gasteiger partial charge in [0, 0.05) is 32.7 Å². The number of halogens is 1. The molecule has 0 saturated carbocycles. The van der Waals surface area contributed by atoms with Crippen LogP contribution in [0.3, 0.4) is 0 Å². The number of likely N-dealkylation sites (N-methyl/N-ethyl adjacent to an activating group) is 1. The Kier molecular flexibility index (Phi) is 4.35. The average molecular weight is 293 g/mol. The van der Waals surface area contributed by atoms with E-state index in [9.17, 15) is 4.39 Å². The predicted molar refractivity (Wildman–Crippen MR) is 80.9 cm³/mol. The molecule has 0 amide bonds. The standard InChI is InChI=1S/C15H24FN5/c1-12-17-13(11-20-5-3-4-6-20)14(16)15(18-12)21-9-7-19(2)8-10-21/h3-11H2,1-2H3. The van der Waals surface area contributed by atoms with Crippen LogP contribution in [0.4, 0.5) is 10.2 Å². The Bertz CT molecular complexity index is 493. The molecule has 116 valence electrons. The highest BCUT2D eigenvalue weighted by molar-refractivity contribution is 5.42. The first-order valence-electron chi connectivity index (χ1n) is 7.82. The molecule has 2 saturated heterocycles. The second-order valence-electron chi connectivity index (χ2n) is 6.13. The lowest BCUT2D eigenvalue weighted by molar-refractivity contribution is 0.307. The van der Waals surface area contributed by atoms with Gasteiger partial charge in [0.15, 0.2) is 11.6 Å². The topological polar surface area (TPSA) is 35.5 Å². The molecule has 0 unspecified atom stereocenters. The van der Waals surface area contributed by atoms with Gasteiger partial charge < -0.3 is 9.80 Å². The summed E-state index contributed by atoms with van der Waals surface area (Å²) in [5, 5.41) is 0. The van der Waals surface area contributed by atoms with E-state index < -0.39 is 0 Å². The van der Waals surface area contributed by atoms with E-state index in [1.807, 2.05) is 6.92 Å². The smallest absolute Gasteiger partial charge is 0.188 e. The summed E-state index contributed by atoms with van der Waals surface area (Å²) in [5.74, 6) is 0.932. The van der Waals surface area contributed by atoms with E-state index in [1.54, 1.807) is 0 Å². The van der Waals surface area contributed by atoms with Crippen LogP contribution in [0.15, 0.2) is 0 Å². The summed E-state index contributed by atoms with van der Waals surface area (Å²) < 4.78 is 14.8. The van der Waals surface area contributed by atoms with Crippen molar-refractivity contribution in [3.63, 3.8) is 0 Å². The zero-order valence-electron chi connectivity index (χ0n) is 13.0. The van der Waals surface area contributed by atoms with E-state index in [1.165, 1.54) is 12.8 Å². The van der Waals surface area contributed by atoms with Gasteiger partial charge in [-0.3, -0.25) is 4.90 Å². The van der Waals surface area contributed by atoms with Crippen LogP contribution in [-0.2, 0) is 6.54 Å². The Morgan fingerprint density at radius 1 is 1.00 bits per heavy atom. The maximum atomic E-state index is 14.8. The number of piperazine rings is 1. The summed E-state index contributed by atoms with van der Waals surface area (Å²) >= 11 is 0. The number of rotatable bonds is 3. The summed E-state index contributed by atoms with van der Waals surface area (Å²) in [4.78, 5) is 15.3. The lowest BCUT2D eigenvalue weighted by Gasteiger charge is -2.33. The summed E-state index contributed by atoms with van der Waals surface area (Å²) in [6, 6.07) is 0. The summed E-state index contributed by atoms with van der Waals surface area (Å²) in [6.45, 7) is 8.11. The van der Waals surface area contributed by atoms with E-state index in [0.29, 0.717) is 23.9 Å². The van der Waals surface area contributed by atoms with E-state index in [-0.39, 0.29) is 5.82 Å². The molecule has 6 heteroatoms. The van der Waals surface area contributed by atoms with Gasteiger partial charge in [-0.2, -0.15) is 0 Å². The highest BCUT2D eigenvalue weighted by Gasteiger charge is 2.23. The monoisotopic (exact) mass is 293 g/mol. The maximum absolute atomic E-state index is 14.8. The molecule has 0 radical (unpaired) electrons. The van der Waals surface area contributed by atoms with Crippen LogP contribution in [0.5, 0.6) is 0 Å². The normalized spacial score (nSPS) is 21.2. The first kappa shape index (κ1) is 14.7. The highest BCUT2D eigenvalue weighted by Crippen LogP contribution is 2.22. The molecule has 0 aliphatic carbocycles. The van der Waals surface area contributed by atoms with Gasteiger partial charge in [0.25, 0.3) is 0 Å². The molecule has 2 fully saturated rings. The maximum Gasteiger partial charge on any atom is 0.188 e. The average Bonchev–Trinajstić information content (AvgIpc) is 2.96. The molecule has 3 rings (SSSR count). The Labute approximate surface area is 125 Å². The van der Waals surface area contributed by atoms with Gasteiger partial charge in [-0.05, 0) is 39.9 Å². The quantitative estimate of drug-likeness (QED) is 0.839. The Balaban J connectivity index is 1.81. The predicted octanol–water partition coefficient (Wildman–Crippen LogP) is 1.27. The molecule has 0 spiro atoms. The second-order valence-corrected chi connectivity index (χ2v) is 6.13. The number of aromatic nitrogens is 2. The van der Waals surface area contributed by atoms with Crippen LogP contribution >= 0.6 is 0 Å². The molecule has 0 aromatic carbocycles. The summed E-state index contributed by atoms with van der Waals surface area (Å²) in [5.41, 5.74) is 0.554. The number of aryl methyl sites for hydroxylation is 1. The van der Waals surface area contributed by atoms with Crippen LogP contribution in [0.2, 0.25) is 0 Å². The third-order valence-electron chi connectivity index (χ3n) is 4.39. The molecule has 0 bridgehead atoms. The van der Waals surface area contributed by atoms with Crippen LogP contribution < -0.4 is 4.90 Å². The van der Waals surface area contributed by atoms with Crippen molar-refractivity contribution < 1.29 is 4.39 Å². The van der Waals surface area contributed by atoms with Crippen LogP contribution in [0, 0.1) is 12.7 Å². The van der Waals surface area contributed by atoms with Crippen molar-refractivity contribution in [1.82, 2.24) is 19.8 Å². The molecule has 2 aliphatic rings. The molecule has 1 aromatic heterocycles. The van der Waals surface area contributed by atoms with Crippen LogP contribution in [0.25, 0.3) is 0 Å². The molecule has 2 aliphatic heterocycles. The fourth-order valence-electron chi connectivity index (χ4n) is 3.09. The van der Waals surface area contributed by atoms with E-state index in [4.69, 9.17) is 0 Å². The largest absolute Gasteiger partial charge is 0.352 e. The highest BCUT2D eigenvalue weighted by atomic mass is 19.1. The minimum Gasteiger partial charge on any atom is -0.352 e. The van der Waals surface area contributed by atoms with Gasteiger partial charge in [0.2, 0.25) is 0 Å². The van der Waals surface area contributed by atoms with Crippen molar-refractivity contribution in [2.24, 2.45) is 0 Å². The SMILES string of the molecule is Cc1nc(CN2CCCC2)c(F)c(N2CCN(C)CC2)n1. The molecular weight excluding hydrogens is 269 g/mol. The first-order valence-corrected chi connectivity index (χ1v) is 7.82. The van der Waals surface area contributed by atoms with Gasteiger partial charge in [-0.1, -0.05) is 0 Å². The molecule has 5 nitrogen and oxygen atoms in total. The van der Waals surface area contributed by atoms with Gasteiger partial charge >= 0.3 is 0 Å². The molecule has 3 heterocycles. The van der Waals surface area contributed by atoms with Gasteiger partial charge in [-0.15, -0.1) is 0 Å². The summed E-state index contributed by atoms with van der Waals surface area (Å²) in [6.07, 6.45) is 2.41. The van der Waals surface area contributed by atoms with Crippen molar-refractivity contribution >= 4 is 5.82 Å². The minimum absolute atomic E-state index is 0.225. The molecular formula is C15H24FN5. The second kappa shape index (κ2) is 6.23. The minimum atomic E-state index is -0.225. The lowest BCUT2D eigenvalue weighted by atomic mass is 10.2. The fourth-order valence-corrected chi connectivity index (χ4v) is 3.09. The van der Waals surface area contributed by atoms with E-state index in [0.717, 1.165) is 39.3 Å². The van der Waals surface area contributed by atoms with Gasteiger partial charge in [-0.25, -0.2) is 14.4 Å². The number of nitrogens with zero attached hydrogens (tertiary/aromatic N) is 5. The van der Waals surface area contributed by atoms with Crippen molar-refractivity contribution in [3.05, 3.63) is 17.3 Å². The zero-order valence-corrected chi connectivity index (χ0v) is 13.0. The third kappa shape index (κ3) is 3.32. The molecule has 1 aromatic rings. The molecule has 0 atom stereocenters. The van der Waals surface area contributed by atoms with Gasteiger partial charge in [0.05, 0.1) is 5.69 Å². The van der Waals surface area contributed by atoms with E-state index in [2.05, 4.69) is 31.7 Å². The summed E-state index contributed by atoms with van der Waals surface area (Å²) in [7, 11) is 2.09. The lowest BCUT2D eigenvalue weighted by Crippen LogP contribution is -2.45. The van der Waals surface area contributed by atoms with E-state index >= 15 is 0 Å². The Morgan fingerprint density at radius 2 is 1.67 bits per heavy atom. The van der Waals surface area contributed by atoms with Crippen LogP contribution in [-0.4, -0.2) is 66.1 Å². The Morgan fingerprint density at radius 3 is 2.33 bits per heavy atom. The van der Waals surface area contributed by atoms with Crippen molar-refractivity contribution in [2.75, 3.05) is 51.2 Å². The van der Waals surface area contributed by atoms with Crippen molar-refractivity contribution in [1.29, 1.82) is 0 Å². The first-order chi connectivity index (χ1) is 10.1. The fraction of sp³-hybridized carbons (Fsp3) is 0.733. The zero-order chi connectivity index (χ0) is 14.8.